The first-order valence-electron chi connectivity index (χ1n) is 8.33. The summed E-state index contributed by atoms with van der Waals surface area (Å²) in [7, 11) is 1.79. The van der Waals surface area contributed by atoms with Gasteiger partial charge in [-0.1, -0.05) is 26.0 Å². The first-order valence-corrected chi connectivity index (χ1v) is 9.15. The Morgan fingerprint density at radius 2 is 1.96 bits per heavy atom. The Labute approximate surface area is 173 Å². The quantitative estimate of drug-likeness (QED) is 0.235. The molecule has 7 heteroatoms. The maximum atomic E-state index is 4.37. The van der Waals surface area contributed by atoms with Gasteiger partial charge >= 0.3 is 0 Å². The SMILES string of the molecule is C=CCN(CC=C)C(CNC(=NC)NCc1ncc(C)s1)C(C)C.I. The van der Waals surface area contributed by atoms with Crippen molar-refractivity contribution >= 4 is 41.3 Å². The summed E-state index contributed by atoms with van der Waals surface area (Å²) in [4.78, 5) is 12.3. The molecule has 1 atom stereocenters. The van der Waals surface area contributed by atoms with Gasteiger partial charge in [-0.15, -0.1) is 48.5 Å². The predicted octanol–water partition coefficient (Wildman–Crippen LogP) is 3.43. The molecule has 0 bridgehead atoms. The van der Waals surface area contributed by atoms with Crippen LogP contribution < -0.4 is 10.6 Å². The van der Waals surface area contributed by atoms with E-state index < -0.39 is 0 Å². The number of aliphatic imine (C=N–C) groups is 1. The van der Waals surface area contributed by atoms with E-state index in [2.05, 4.69) is 59.4 Å². The Kier molecular flexibility index (Phi) is 12.8. The van der Waals surface area contributed by atoms with Crippen LogP contribution in [0, 0.1) is 12.8 Å². The molecule has 1 rings (SSSR count). The van der Waals surface area contributed by atoms with E-state index in [9.17, 15) is 0 Å². The normalized spacial score (nSPS) is 12.6. The fourth-order valence-electron chi connectivity index (χ4n) is 2.53. The molecule has 2 N–H and O–H groups in total. The highest BCUT2D eigenvalue weighted by atomic mass is 127. The fraction of sp³-hybridized carbons (Fsp3) is 0.556. The van der Waals surface area contributed by atoms with Gasteiger partial charge in [-0.3, -0.25) is 9.89 Å². The molecule has 0 aromatic carbocycles. The minimum atomic E-state index is 0. The van der Waals surface area contributed by atoms with Crippen LogP contribution in [0.4, 0.5) is 0 Å². The van der Waals surface area contributed by atoms with Crippen LogP contribution in [0.25, 0.3) is 0 Å². The van der Waals surface area contributed by atoms with Crippen molar-refractivity contribution in [3.8, 4) is 0 Å². The first kappa shape index (κ1) is 24.1. The summed E-state index contributed by atoms with van der Waals surface area (Å²) in [5.74, 6) is 1.31. The van der Waals surface area contributed by atoms with Crippen molar-refractivity contribution in [2.75, 3.05) is 26.7 Å². The summed E-state index contributed by atoms with van der Waals surface area (Å²) in [5.41, 5.74) is 0. The van der Waals surface area contributed by atoms with Gasteiger partial charge in [-0.05, 0) is 12.8 Å². The summed E-state index contributed by atoms with van der Waals surface area (Å²) in [5, 5.41) is 7.82. The van der Waals surface area contributed by atoms with Crippen LogP contribution in [-0.4, -0.2) is 48.6 Å². The second kappa shape index (κ2) is 13.3. The van der Waals surface area contributed by atoms with Crippen molar-refractivity contribution in [3.05, 3.63) is 41.4 Å². The van der Waals surface area contributed by atoms with Gasteiger partial charge in [-0.25, -0.2) is 4.98 Å². The molecule has 1 aromatic heterocycles. The monoisotopic (exact) mass is 477 g/mol. The highest BCUT2D eigenvalue weighted by molar-refractivity contribution is 14.0. The average molecular weight is 477 g/mol. The Morgan fingerprint density at radius 3 is 2.40 bits per heavy atom. The van der Waals surface area contributed by atoms with Crippen LogP contribution in [0.15, 0.2) is 36.5 Å². The number of thiazole rings is 1. The smallest absolute Gasteiger partial charge is 0.191 e. The minimum absolute atomic E-state index is 0. The summed E-state index contributed by atoms with van der Waals surface area (Å²) >= 11 is 1.70. The molecule has 0 aliphatic rings. The molecule has 0 fully saturated rings. The molecule has 1 aromatic rings. The zero-order chi connectivity index (χ0) is 17.9. The molecule has 0 amide bonds. The topological polar surface area (TPSA) is 52.5 Å². The second-order valence-corrected chi connectivity index (χ2v) is 7.33. The Balaban J connectivity index is 0.00000576. The predicted molar refractivity (Wildman–Crippen MR) is 121 cm³/mol. The lowest BCUT2D eigenvalue weighted by molar-refractivity contribution is 0.190. The summed E-state index contributed by atoms with van der Waals surface area (Å²) in [6, 6.07) is 0.377. The highest BCUT2D eigenvalue weighted by Crippen LogP contribution is 2.11. The van der Waals surface area contributed by atoms with Crippen LogP contribution in [-0.2, 0) is 6.54 Å². The van der Waals surface area contributed by atoms with E-state index in [4.69, 9.17) is 0 Å². The molecule has 1 unspecified atom stereocenters. The molecular formula is C18H32IN5S. The van der Waals surface area contributed by atoms with E-state index in [1.165, 1.54) is 4.88 Å². The van der Waals surface area contributed by atoms with E-state index in [1.54, 1.807) is 18.4 Å². The summed E-state index contributed by atoms with van der Waals surface area (Å²) in [6.45, 7) is 17.5. The maximum Gasteiger partial charge on any atom is 0.191 e. The minimum Gasteiger partial charge on any atom is -0.355 e. The van der Waals surface area contributed by atoms with Crippen LogP contribution in [0.1, 0.15) is 23.7 Å². The lowest BCUT2D eigenvalue weighted by atomic mass is 10.0. The Bertz CT molecular complexity index is 531. The van der Waals surface area contributed by atoms with E-state index in [1.807, 2.05) is 18.3 Å². The molecule has 5 nitrogen and oxygen atoms in total. The van der Waals surface area contributed by atoms with Crippen molar-refractivity contribution in [2.24, 2.45) is 10.9 Å². The van der Waals surface area contributed by atoms with Gasteiger partial charge < -0.3 is 10.6 Å². The molecule has 1 heterocycles. The number of hydrogen-bond acceptors (Lipinski definition) is 4. The second-order valence-electron chi connectivity index (χ2n) is 6.01. The van der Waals surface area contributed by atoms with Crippen molar-refractivity contribution in [3.63, 3.8) is 0 Å². The number of aromatic nitrogens is 1. The highest BCUT2D eigenvalue weighted by Gasteiger charge is 2.20. The van der Waals surface area contributed by atoms with Crippen LogP contribution in [0.2, 0.25) is 0 Å². The van der Waals surface area contributed by atoms with Crippen LogP contribution >= 0.6 is 35.3 Å². The zero-order valence-corrected chi connectivity index (χ0v) is 18.9. The fourth-order valence-corrected chi connectivity index (χ4v) is 3.25. The van der Waals surface area contributed by atoms with Gasteiger partial charge in [0.1, 0.15) is 5.01 Å². The summed E-state index contributed by atoms with van der Waals surface area (Å²) in [6.07, 6.45) is 5.78. The van der Waals surface area contributed by atoms with Crippen molar-refractivity contribution in [2.45, 2.75) is 33.4 Å². The third-order valence-electron chi connectivity index (χ3n) is 3.74. The van der Waals surface area contributed by atoms with Gasteiger partial charge in [0.05, 0.1) is 6.54 Å². The lowest BCUT2D eigenvalue weighted by Crippen LogP contribution is -2.49. The van der Waals surface area contributed by atoms with Gasteiger partial charge in [0.15, 0.2) is 5.96 Å². The number of rotatable bonds is 10. The molecule has 0 saturated carbocycles. The van der Waals surface area contributed by atoms with Gasteiger partial charge in [0, 0.05) is 43.8 Å². The Morgan fingerprint density at radius 1 is 1.32 bits per heavy atom. The van der Waals surface area contributed by atoms with Crippen LogP contribution in [0.5, 0.6) is 0 Å². The van der Waals surface area contributed by atoms with Crippen molar-refractivity contribution in [1.29, 1.82) is 0 Å². The largest absolute Gasteiger partial charge is 0.355 e. The van der Waals surface area contributed by atoms with Gasteiger partial charge in [0.2, 0.25) is 0 Å². The standard InChI is InChI=1S/C18H31N5S.HI/c1-7-9-23(10-8-2)16(14(3)4)12-21-18(19-6)22-13-17-20-11-15(5)24-17;/h7-8,11,14,16H,1-2,9-10,12-13H2,3-6H3,(H2,19,21,22);1H. The number of aryl methyl sites for hydroxylation is 1. The number of nitrogens with one attached hydrogen (secondary N) is 2. The third-order valence-corrected chi connectivity index (χ3v) is 4.66. The molecule has 0 saturated heterocycles. The number of guanidine groups is 1. The van der Waals surface area contributed by atoms with E-state index in [0.717, 1.165) is 30.6 Å². The molecule has 0 spiro atoms. The van der Waals surface area contributed by atoms with Gasteiger partial charge in [0.25, 0.3) is 0 Å². The molecule has 0 aliphatic heterocycles. The molecule has 142 valence electrons. The average Bonchev–Trinajstić information content (AvgIpc) is 2.96. The van der Waals surface area contributed by atoms with Gasteiger partial charge in [-0.2, -0.15) is 0 Å². The molecular weight excluding hydrogens is 445 g/mol. The first-order chi connectivity index (χ1) is 11.5. The Hall–Kier alpha value is -0.930. The number of hydrogen-bond donors (Lipinski definition) is 2. The zero-order valence-electron chi connectivity index (χ0n) is 15.8. The molecule has 25 heavy (non-hydrogen) atoms. The number of halogens is 1. The van der Waals surface area contributed by atoms with E-state index in [-0.39, 0.29) is 24.0 Å². The summed E-state index contributed by atoms with van der Waals surface area (Å²) < 4.78 is 0. The van der Waals surface area contributed by atoms with Crippen molar-refractivity contribution < 1.29 is 0 Å². The molecule has 0 aliphatic carbocycles. The lowest BCUT2D eigenvalue weighted by Gasteiger charge is -2.33. The maximum absolute atomic E-state index is 4.37. The number of nitrogens with zero attached hydrogens (tertiary/aromatic N) is 3. The van der Waals surface area contributed by atoms with E-state index in [0.29, 0.717) is 18.5 Å². The van der Waals surface area contributed by atoms with Crippen LogP contribution in [0.3, 0.4) is 0 Å². The molecule has 0 radical (unpaired) electrons. The third kappa shape index (κ3) is 8.82. The van der Waals surface area contributed by atoms with Crippen molar-refractivity contribution in [1.82, 2.24) is 20.5 Å². The van der Waals surface area contributed by atoms with E-state index >= 15 is 0 Å².